The fourth-order valence-corrected chi connectivity index (χ4v) is 0.542. The maximum absolute atomic E-state index is 11.5. The van der Waals surface area contributed by atoms with E-state index >= 15 is 0 Å². The molecule has 0 fully saturated rings. The molecule has 0 aromatic rings. The molecule has 66 valence electrons. The lowest BCUT2D eigenvalue weighted by molar-refractivity contribution is -0.168. The highest BCUT2D eigenvalue weighted by Crippen LogP contribution is 2.04. The van der Waals surface area contributed by atoms with E-state index in [1.54, 1.807) is 0 Å². The zero-order chi connectivity index (χ0) is 8.85. The van der Waals surface area contributed by atoms with Crippen molar-refractivity contribution in [3.8, 4) is 0 Å². The highest BCUT2D eigenvalue weighted by Gasteiger charge is 2.13. The standard InChI is InChI=1S/C6H10F2O3/c1-4(11-6(7)8)3-5(9)10-2/h4,6H,3H2,1-2H3. The Labute approximate surface area is 63.3 Å². The van der Waals surface area contributed by atoms with Gasteiger partial charge in [-0.2, -0.15) is 8.78 Å². The van der Waals surface area contributed by atoms with Gasteiger partial charge in [-0.15, -0.1) is 0 Å². The first-order valence-corrected chi connectivity index (χ1v) is 3.06. The molecule has 0 aromatic carbocycles. The second-order valence-electron chi connectivity index (χ2n) is 1.99. The predicted octanol–water partition coefficient (Wildman–Crippen LogP) is 1.18. The third-order valence-electron chi connectivity index (χ3n) is 1.02. The van der Waals surface area contributed by atoms with Crippen molar-refractivity contribution in [2.45, 2.75) is 26.1 Å². The maximum atomic E-state index is 11.5. The van der Waals surface area contributed by atoms with Gasteiger partial charge in [-0.3, -0.25) is 4.79 Å². The lowest BCUT2D eigenvalue weighted by atomic mass is 10.3. The molecule has 0 saturated carbocycles. The van der Waals surface area contributed by atoms with Crippen molar-refractivity contribution < 1.29 is 23.0 Å². The van der Waals surface area contributed by atoms with E-state index in [4.69, 9.17) is 0 Å². The largest absolute Gasteiger partial charge is 0.469 e. The molecule has 11 heavy (non-hydrogen) atoms. The molecule has 5 heteroatoms. The average molecular weight is 168 g/mol. The van der Waals surface area contributed by atoms with Gasteiger partial charge in [0.2, 0.25) is 0 Å². The molecule has 0 aliphatic carbocycles. The molecule has 1 atom stereocenters. The first-order chi connectivity index (χ1) is 5.06. The first-order valence-electron chi connectivity index (χ1n) is 3.06. The average Bonchev–Trinajstić information content (AvgIpc) is 1.85. The summed E-state index contributed by atoms with van der Waals surface area (Å²) < 4.78 is 31.2. The summed E-state index contributed by atoms with van der Waals surface area (Å²) in [6.45, 7) is -1.46. The third kappa shape index (κ3) is 5.72. The number of ether oxygens (including phenoxy) is 2. The highest BCUT2D eigenvalue weighted by atomic mass is 19.3. The van der Waals surface area contributed by atoms with Crippen LogP contribution in [0.25, 0.3) is 0 Å². The Balaban J connectivity index is 3.51. The van der Waals surface area contributed by atoms with Gasteiger partial charge in [0.15, 0.2) is 0 Å². The molecule has 1 unspecified atom stereocenters. The van der Waals surface area contributed by atoms with Crippen molar-refractivity contribution >= 4 is 5.97 Å². The number of alkyl halides is 2. The summed E-state index contributed by atoms with van der Waals surface area (Å²) >= 11 is 0. The number of carbonyl (C=O) groups is 1. The summed E-state index contributed by atoms with van der Waals surface area (Å²) in [5.74, 6) is -0.557. The van der Waals surface area contributed by atoms with Crippen LogP contribution in [-0.4, -0.2) is 25.8 Å². The summed E-state index contributed by atoms with van der Waals surface area (Å²) in [5.41, 5.74) is 0. The van der Waals surface area contributed by atoms with Crippen LogP contribution >= 0.6 is 0 Å². The van der Waals surface area contributed by atoms with E-state index < -0.39 is 18.7 Å². The number of rotatable bonds is 4. The number of halogens is 2. The molecule has 0 bridgehead atoms. The van der Waals surface area contributed by atoms with Gasteiger partial charge in [-0.05, 0) is 6.92 Å². The van der Waals surface area contributed by atoms with Crippen LogP contribution in [0.15, 0.2) is 0 Å². The van der Waals surface area contributed by atoms with E-state index in [9.17, 15) is 13.6 Å². The minimum atomic E-state index is -2.84. The molecule has 0 amide bonds. The second kappa shape index (κ2) is 5.01. The van der Waals surface area contributed by atoms with Gasteiger partial charge in [-0.1, -0.05) is 0 Å². The van der Waals surface area contributed by atoms with E-state index in [1.807, 2.05) is 0 Å². The molecule has 0 spiro atoms. The van der Waals surface area contributed by atoms with E-state index in [1.165, 1.54) is 14.0 Å². The van der Waals surface area contributed by atoms with Gasteiger partial charge >= 0.3 is 12.6 Å². The summed E-state index contributed by atoms with van der Waals surface area (Å²) in [4.78, 5) is 10.5. The van der Waals surface area contributed by atoms with E-state index in [0.717, 1.165) is 0 Å². The highest BCUT2D eigenvalue weighted by molar-refractivity contribution is 5.69. The fourth-order valence-electron chi connectivity index (χ4n) is 0.542. The zero-order valence-corrected chi connectivity index (χ0v) is 6.34. The van der Waals surface area contributed by atoms with Crippen LogP contribution in [0.3, 0.4) is 0 Å². The van der Waals surface area contributed by atoms with Gasteiger partial charge < -0.3 is 9.47 Å². The SMILES string of the molecule is COC(=O)CC(C)OC(F)F. The van der Waals surface area contributed by atoms with Gasteiger partial charge in [0.05, 0.1) is 19.6 Å². The van der Waals surface area contributed by atoms with Crippen LogP contribution < -0.4 is 0 Å². The first kappa shape index (κ1) is 10.3. The van der Waals surface area contributed by atoms with Crippen molar-refractivity contribution in [1.82, 2.24) is 0 Å². The van der Waals surface area contributed by atoms with Crippen LogP contribution in [0.5, 0.6) is 0 Å². The van der Waals surface area contributed by atoms with Crippen LogP contribution in [-0.2, 0) is 14.3 Å². The van der Waals surface area contributed by atoms with Gasteiger partial charge in [0, 0.05) is 0 Å². The molecule has 3 nitrogen and oxygen atoms in total. The van der Waals surface area contributed by atoms with Crippen molar-refractivity contribution in [3.05, 3.63) is 0 Å². The normalized spacial score (nSPS) is 13.2. The summed E-state index contributed by atoms with van der Waals surface area (Å²) in [5, 5.41) is 0. The van der Waals surface area contributed by atoms with Crippen LogP contribution in [0, 0.1) is 0 Å². The quantitative estimate of drug-likeness (QED) is 0.591. The van der Waals surface area contributed by atoms with Gasteiger partial charge in [0.1, 0.15) is 0 Å². The number of hydrogen-bond donors (Lipinski definition) is 0. The Morgan fingerprint density at radius 2 is 2.09 bits per heavy atom. The van der Waals surface area contributed by atoms with Crippen molar-refractivity contribution in [2.24, 2.45) is 0 Å². The minimum absolute atomic E-state index is 0.152. The molecule has 0 aliphatic heterocycles. The number of methoxy groups -OCH3 is 1. The molecule has 0 rings (SSSR count). The topological polar surface area (TPSA) is 35.5 Å². The molecule has 0 aliphatic rings. The predicted molar refractivity (Wildman–Crippen MR) is 33.2 cm³/mol. The van der Waals surface area contributed by atoms with Crippen molar-refractivity contribution in [2.75, 3.05) is 7.11 Å². The minimum Gasteiger partial charge on any atom is -0.469 e. The third-order valence-corrected chi connectivity index (χ3v) is 1.02. The molecular formula is C6H10F2O3. The smallest absolute Gasteiger partial charge is 0.345 e. The van der Waals surface area contributed by atoms with Crippen LogP contribution in [0.2, 0.25) is 0 Å². The van der Waals surface area contributed by atoms with Crippen molar-refractivity contribution in [1.29, 1.82) is 0 Å². The molecule has 0 saturated heterocycles. The van der Waals surface area contributed by atoms with Crippen LogP contribution in [0.1, 0.15) is 13.3 Å². The second-order valence-corrected chi connectivity index (χ2v) is 1.99. The Kier molecular flexibility index (Phi) is 4.69. The van der Waals surface area contributed by atoms with Gasteiger partial charge in [0.25, 0.3) is 0 Å². The number of carbonyl (C=O) groups excluding carboxylic acids is 1. The van der Waals surface area contributed by atoms with Crippen molar-refractivity contribution in [3.63, 3.8) is 0 Å². The Morgan fingerprint density at radius 1 is 1.55 bits per heavy atom. The Bertz CT molecular complexity index is 127. The summed E-state index contributed by atoms with van der Waals surface area (Å²) in [6, 6.07) is 0. The summed E-state index contributed by atoms with van der Waals surface area (Å²) in [6.07, 6.45) is -0.955. The summed E-state index contributed by atoms with van der Waals surface area (Å²) in [7, 11) is 1.19. The molecule has 0 N–H and O–H groups in total. The molecule has 0 radical (unpaired) electrons. The van der Waals surface area contributed by atoms with E-state index in [2.05, 4.69) is 9.47 Å². The van der Waals surface area contributed by atoms with E-state index in [0.29, 0.717) is 0 Å². The number of esters is 1. The molecule has 0 heterocycles. The lowest BCUT2D eigenvalue weighted by Crippen LogP contribution is -2.17. The zero-order valence-electron chi connectivity index (χ0n) is 6.34. The van der Waals surface area contributed by atoms with Gasteiger partial charge in [-0.25, -0.2) is 0 Å². The monoisotopic (exact) mass is 168 g/mol. The maximum Gasteiger partial charge on any atom is 0.345 e. The fraction of sp³-hybridized carbons (Fsp3) is 0.833. The Hall–Kier alpha value is -0.710. The molecule has 0 aromatic heterocycles. The van der Waals surface area contributed by atoms with Crippen LogP contribution in [0.4, 0.5) is 8.78 Å². The number of hydrogen-bond acceptors (Lipinski definition) is 3. The van der Waals surface area contributed by atoms with E-state index in [-0.39, 0.29) is 6.42 Å². The Morgan fingerprint density at radius 3 is 2.45 bits per heavy atom. The molecular weight excluding hydrogens is 158 g/mol. The lowest BCUT2D eigenvalue weighted by Gasteiger charge is -2.09.